The van der Waals surface area contributed by atoms with E-state index >= 15 is 0 Å². The predicted molar refractivity (Wildman–Crippen MR) is 68.4 cm³/mol. The van der Waals surface area contributed by atoms with E-state index in [1.54, 1.807) is 31.5 Å². The van der Waals surface area contributed by atoms with Gasteiger partial charge in [0.2, 0.25) is 0 Å². The predicted octanol–water partition coefficient (Wildman–Crippen LogP) is 2.37. The maximum atomic E-state index is 12.9. The van der Waals surface area contributed by atoms with Gasteiger partial charge in [-0.2, -0.15) is 5.10 Å². The fourth-order valence-corrected chi connectivity index (χ4v) is 1.94. The summed E-state index contributed by atoms with van der Waals surface area (Å²) < 4.78 is 14.3. The van der Waals surface area contributed by atoms with Gasteiger partial charge in [0.25, 0.3) is 0 Å². The van der Waals surface area contributed by atoms with Crippen LogP contribution in [0.5, 0.6) is 0 Å². The van der Waals surface area contributed by atoms with E-state index in [-0.39, 0.29) is 12.2 Å². The summed E-state index contributed by atoms with van der Waals surface area (Å²) in [6.07, 6.45) is 3.55. The highest BCUT2D eigenvalue weighted by atomic mass is 19.1. The number of carboxylic acids is 1. The molecule has 0 aliphatic carbocycles. The number of carbonyl (C=O) groups is 1. The molecule has 0 aliphatic rings. The van der Waals surface area contributed by atoms with Gasteiger partial charge in [0.05, 0.1) is 6.20 Å². The smallest absolute Gasteiger partial charge is 0.331 e. The molecular weight excluding hydrogens is 247 g/mol. The summed E-state index contributed by atoms with van der Waals surface area (Å²) in [7, 11) is 0. The molecule has 0 fully saturated rings. The third-order valence-corrected chi connectivity index (χ3v) is 3.14. The molecule has 1 atom stereocenters. The van der Waals surface area contributed by atoms with E-state index in [2.05, 4.69) is 5.10 Å². The van der Waals surface area contributed by atoms with Crippen molar-refractivity contribution in [3.8, 4) is 0 Å². The van der Waals surface area contributed by atoms with Crippen LogP contribution in [0.25, 0.3) is 0 Å². The molecule has 2 rings (SSSR count). The van der Waals surface area contributed by atoms with Gasteiger partial charge in [-0.25, -0.2) is 9.18 Å². The average molecular weight is 262 g/mol. The number of nitrogens with zero attached hydrogens (tertiary/aromatic N) is 2. The van der Waals surface area contributed by atoms with Crippen LogP contribution in [0.4, 0.5) is 4.39 Å². The lowest BCUT2D eigenvalue weighted by Gasteiger charge is -2.25. The zero-order chi connectivity index (χ0) is 14.0. The van der Waals surface area contributed by atoms with E-state index in [0.717, 1.165) is 11.1 Å². The van der Waals surface area contributed by atoms with Gasteiger partial charge < -0.3 is 5.11 Å². The zero-order valence-corrected chi connectivity index (χ0v) is 10.8. The van der Waals surface area contributed by atoms with Gasteiger partial charge in [-0.05, 0) is 37.1 Å². The summed E-state index contributed by atoms with van der Waals surface area (Å²) in [6.45, 7) is 3.45. The molecule has 0 aliphatic heterocycles. The maximum Gasteiger partial charge on any atom is 0.331 e. The number of hydrogen-bond donors (Lipinski definition) is 1. The minimum atomic E-state index is -1.19. The fraction of sp³-hybridized carbons (Fsp3) is 0.286. The molecule has 0 spiro atoms. The van der Waals surface area contributed by atoms with E-state index in [1.807, 2.05) is 6.92 Å². The molecule has 0 amide bonds. The molecular formula is C14H15FN2O2. The first-order chi connectivity index (χ1) is 8.91. The summed E-state index contributed by atoms with van der Waals surface area (Å²) in [5.74, 6) is -1.31. The number of halogens is 1. The van der Waals surface area contributed by atoms with E-state index in [9.17, 15) is 14.3 Å². The highest BCUT2D eigenvalue weighted by molar-refractivity contribution is 5.76. The normalized spacial score (nSPS) is 14.1. The van der Waals surface area contributed by atoms with Gasteiger partial charge in [0, 0.05) is 12.6 Å². The lowest BCUT2D eigenvalue weighted by Crippen LogP contribution is -2.41. The van der Waals surface area contributed by atoms with Gasteiger partial charge in [-0.3, -0.25) is 4.68 Å². The van der Waals surface area contributed by atoms with Gasteiger partial charge in [-0.1, -0.05) is 12.1 Å². The largest absolute Gasteiger partial charge is 0.479 e. The summed E-state index contributed by atoms with van der Waals surface area (Å²) in [6, 6.07) is 5.83. The van der Waals surface area contributed by atoms with Crippen molar-refractivity contribution in [1.29, 1.82) is 0 Å². The standard InChI is InChI=1S/C14H15FN2O2/c1-10-8-16-17(9-10)14(2,13(18)19)7-11-3-5-12(15)6-4-11/h3-6,8-9H,7H2,1-2H3,(H,18,19). The molecule has 100 valence electrons. The quantitative estimate of drug-likeness (QED) is 0.920. The molecule has 0 bridgehead atoms. The number of carboxylic acid groups (broad SMARTS) is 1. The average Bonchev–Trinajstić information content (AvgIpc) is 2.79. The Labute approximate surface area is 110 Å². The molecule has 0 radical (unpaired) electrons. The third kappa shape index (κ3) is 2.65. The topological polar surface area (TPSA) is 55.1 Å². The van der Waals surface area contributed by atoms with Crippen LogP contribution in [0.2, 0.25) is 0 Å². The van der Waals surface area contributed by atoms with Crippen LogP contribution in [0.15, 0.2) is 36.7 Å². The van der Waals surface area contributed by atoms with E-state index in [1.165, 1.54) is 16.8 Å². The molecule has 1 aromatic heterocycles. The molecule has 1 N–H and O–H groups in total. The molecule has 5 heteroatoms. The number of aliphatic carboxylic acids is 1. The van der Waals surface area contributed by atoms with Crippen LogP contribution in [-0.4, -0.2) is 20.9 Å². The van der Waals surface area contributed by atoms with Crippen molar-refractivity contribution in [1.82, 2.24) is 9.78 Å². The van der Waals surface area contributed by atoms with Crippen molar-refractivity contribution in [2.24, 2.45) is 0 Å². The molecule has 0 saturated carbocycles. The molecule has 0 saturated heterocycles. The van der Waals surface area contributed by atoms with Crippen LogP contribution in [0.3, 0.4) is 0 Å². The van der Waals surface area contributed by atoms with Crippen molar-refractivity contribution >= 4 is 5.97 Å². The third-order valence-electron chi connectivity index (χ3n) is 3.14. The Balaban J connectivity index is 2.35. The van der Waals surface area contributed by atoms with Gasteiger partial charge in [-0.15, -0.1) is 0 Å². The minimum Gasteiger partial charge on any atom is -0.479 e. The summed E-state index contributed by atoms with van der Waals surface area (Å²) in [4.78, 5) is 11.6. The molecule has 19 heavy (non-hydrogen) atoms. The maximum absolute atomic E-state index is 12.9. The van der Waals surface area contributed by atoms with Gasteiger partial charge in [0.15, 0.2) is 5.54 Å². The Bertz CT molecular complexity index is 592. The molecule has 1 aromatic carbocycles. The van der Waals surface area contributed by atoms with Crippen molar-refractivity contribution in [3.63, 3.8) is 0 Å². The van der Waals surface area contributed by atoms with E-state index < -0.39 is 11.5 Å². The Morgan fingerprint density at radius 1 is 1.42 bits per heavy atom. The Kier molecular flexibility index (Phi) is 3.38. The van der Waals surface area contributed by atoms with E-state index in [0.29, 0.717) is 0 Å². The first kappa shape index (κ1) is 13.3. The second kappa shape index (κ2) is 4.84. The van der Waals surface area contributed by atoms with Crippen LogP contribution in [-0.2, 0) is 16.8 Å². The first-order valence-electron chi connectivity index (χ1n) is 5.91. The van der Waals surface area contributed by atoms with Gasteiger partial charge >= 0.3 is 5.97 Å². The highest BCUT2D eigenvalue weighted by Crippen LogP contribution is 2.22. The highest BCUT2D eigenvalue weighted by Gasteiger charge is 2.36. The van der Waals surface area contributed by atoms with Crippen molar-refractivity contribution in [3.05, 3.63) is 53.6 Å². The number of benzene rings is 1. The lowest BCUT2D eigenvalue weighted by atomic mass is 9.93. The fourth-order valence-electron chi connectivity index (χ4n) is 1.94. The zero-order valence-electron chi connectivity index (χ0n) is 10.8. The van der Waals surface area contributed by atoms with Crippen molar-refractivity contribution < 1.29 is 14.3 Å². The Morgan fingerprint density at radius 2 is 2.05 bits per heavy atom. The number of aromatic nitrogens is 2. The monoisotopic (exact) mass is 262 g/mol. The number of aryl methyl sites for hydroxylation is 1. The van der Waals surface area contributed by atoms with Crippen molar-refractivity contribution in [2.45, 2.75) is 25.8 Å². The van der Waals surface area contributed by atoms with Crippen LogP contribution in [0, 0.1) is 12.7 Å². The number of hydrogen-bond acceptors (Lipinski definition) is 2. The molecule has 2 aromatic rings. The molecule has 1 unspecified atom stereocenters. The minimum absolute atomic E-state index is 0.240. The molecule has 1 heterocycles. The van der Waals surface area contributed by atoms with Crippen molar-refractivity contribution in [2.75, 3.05) is 0 Å². The Hall–Kier alpha value is -2.17. The first-order valence-corrected chi connectivity index (χ1v) is 5.91. The lowest BCUT2D eigenvalue weighted by molar-refractivity contribution is -0.147. The Morgan fingerprint density at radius 3 is 2.53 bits per heavy atom. The second-order valence-electron chi connectivity index (χ2n) is 4.84. The van der Waals surface area contributed by atoms with Crippen LogP contribution < -0.4 is 0 Å². The van der Waals surface area contributed by atoms with Crippen LogP contribution in [0.1, 0.15) is 18.1 Å². The summed E-state index contributed by atoms with van der Waals surface area (Å²) in [5, 5.41) is 13.6. The van der Waals surface area contributed by atoms with Gasteiger partial charge in [0.1, 0.15) is 5.82 Å². The second-order valence-corrected chi connectivity index (χ2v) is 4.84. The molecule has 4 nitrogen and oxygen atoms in total. The SMILES string of the molecule is Cc1cnn(C(C)(Cc2ccc(F)cc2)C(=O)O)c1. The van der Waals surface area contributed by atoms with Crippen LogP contribution >= 0.6 is 0 Å². The number of rotatable bonds is 4. The van der Waals surface area contributed by atoms with E-state index in [4.69, 9.17) is 0 Å². The summed E-state index contributed by atoms with van der Waals surface area (Å²) >= 11 is 0. The summed E-state index contributed by atoms with van der Waals surface area (Å²) in [5.41, 5.74) is 0.456.